The predicted octanol–water partition coefficient (Wildman–Crippen LogP) is 2.31. The molecule has 0 aromatic rings. The molecule has 0 saturated heterocycles. The number of aliphatic hydroxyl groups excluding tert-OH is 1. The van der Waals surface area contributed by atoms with Crippen LogP contribution in [0.15, 0.2) is 0 Å². The Balaban J connectivity index is 0. The second-order valence-electron chi connectivity index (χ2n) is 6.26. The SMILES string of the molecule is CCCCCCC(O)CCCCCCCCCCC(=O)O.[K+]. The number of rotatable bonds is 16. The van der Waals surface area contributed by atoms with Gasteiger partial charge in [-0.2, -0.15) is 0 Å². The summed E-state index contributed by atoms with van der Waals surface area (Å²) in [7, 11) is 0. The predicted molar refractivity (Wildman–Crippen MR) is 88.6 cm³/mol. The molecule has 0 radical (unpaired) electrons. The van der Waals surface area contributed by atoms with E-state index in [9.17, 15) is 9.90 Å². The fraction of sp³-hybridized carbons (Fsp3) is 0.944. The summed E-state index contributed by atoms with van der Waals surface area (Å²) in [6.45, 7) is 2.21. The van der Waals surface area contributed by atoms with Crippen molar-refractivity contribution in [1.82, 2.24) is 0 Å². The Morgan fingerprint density at radius 2 is 1.18 bits per heavy atom. The largest absolute Gasteiger partial charge is 1.00 e. The molecule has 3 nitrogen and oxygen atoms in total. The maximum atomic E-state index is 10.3. The van der Waals surface area contributed by atoms with Crippen molar-refractivity contribution >= 4 is 5.97 Å². The summed E-state index contributed by atoms with van der Waals surface area (Å²) in [5.41, 5.74) is 0. The van der Waals surface area contributed by atoms with Crippen LogP contribution < -0.4 is 51.4 Å². The van der Waals surface area contributed by atoms with E-state index in [1.807, 2.05) is 0 Å². The summed E-state index contributed by atoms with van der Waals surface area (Å²) in [5, 5.41) is 18.4. The van der Waals surface area contributed by atoms with Gasteiger partial charge >= 0.3 is 57.4 Å². The average Bonchev–Trinajstić information content (AvgIpc) is 2.45. The first-order valence-electron chi connectivity index (χ1n) is 9.06. The molecule has 0 bridgehead atoms. The topological polar surface area (TPSA) is 57.5 Å². The first kappa shape index (κ1) is 25.3. The van der Waals surface area contributed by atoms with E-state index < -0.39 is 5.97 Å². The van der Waals surface area contributed by atoms with Crippen LogP contribution in [0, 0.1) is 0 Å². The Morgan fingerprint density at radius 1 is 0.773 bits per heavy atom. The van der Waals surface area contributed by atoms with E-state index in [-0.39, 0.29) is 57.5 Å². The molecule has 0 aromatic carbocycles. The standard InChI is InChI=1S/C18H36O3.K/c1-2-3-4-11-14-17(19)15-12-9-7-5-6-8-10-13-16-18(20)21;/h17,19H,2-16H2,1H3,(H,20,21);/q;+1. The average molecular weight is 340 g/mol. The van der Waals surface area contributed by atoms with Crippen LogP contribution in [-0.2, 0) is 4.79 Å². The molecule has 0 saturated carbocycles. The first-order valence-corrected chi connectivity index (χ1v) is 9.06. The van der Waals surface area contributed by atoms with Gasteiger partial charge in [0.05, 0.1) is 6.10 Å². The maximum absolute atomic E-state index is 10.3. The van der Waals surface area contributed by atoms with Gasteiger partial charge in [0.1, 0.15) is 0 Å². The van der Waals surface area contributed by atoms with Gasteiger partial charge in [0.15, 0.2) is 0 Å². The van der Waals surface area contributed by atoms with Crippen LogP contribution in [0.4, 0.5) is 0 Å². The van der Waals surface area contributed by atoms with Crippen molar-refractivity contribution < 1.29 is 66.4 Å². The van der Waals surface area contributed by atoms with Crippen LogP contribution in [0.3, 0.4) is 0 Å². The fourth-order valence-corrected chi connectivity index (χ4v) is 2.67. The van der Waals surface area contributed by atoms with Crippen molar-refractivity contribution in [2.24, 2.45) is 0 Å². The van der Waals surface area contributed by atoms with Crippen molar-refractivity contribution in [2.45, 2.75) is 109 Å². The third-order valence-corrected chi connectivity index (χ3v) is 4.07. The molecule has 4 heteroatoms. The van der Waals surface area contributed by atoms with Crippen molar-refractivity contribution in [1.29, 1.82) is 0 Å². The summed E-state index contributed by atoms with van der Waals surface area (Å²) >= 11 is 0. The van der Waals surface area contributed by atoms with E-state index in [0.29, 0.717) is 6.42 Å². The van der Waals surface area contributed by atoms with Crippen molar-refractivity contribution in [2.75, 3.05) is 0 Å². The molecule has 2 N–H and O–H groups in total. The van der Waals surface area contributed by atoms with Gasteiger partial charge in [-0.3, -0.25) is 4.79 Å². The van der Waals surface area contributed by atoms with Gasteiger partial charge in [-0.15, -0.1) is 0 Å². The summed E-state index contributed by atoms with van der Waals surface area (Å²) in [4.78, 5) is 10.3. The second kappa shape index (κ2) is 20.1. The number of hydrogen-bond donors (Lipinski definition) is 2. The molecule has 22 heavy (non-hydrogen) atoms. The zero-order valence-corrected chi connectivity index (χ0v) is 18.1. The zero-order chi connectivity index (χ0) is 15.8. The molecule has 126 valence electrons. The van der Waals surface area contributed by atoms with E-state index in [2.05, 4.69) is 6.92 Å². The van der Waals surface area contributed by atoms with Crippen molar-refractivity contribution in [3.8, 4) is 0 Å². The van der Waals surface area contributed by atoms with Gasteiger partial charge < -0.3 is 10.2 Å². The smallest absolute Gasteiger partial charge is 0.481 e. The third kappa shape index (κ3) is 21.1. The number of hydrogen-bond acceptors (Lipinski definition) is 2. The van der Waals surface area contributed by atoms with Gasteiger partial charge in [-0.1, -0.05) is 77.6 Å². The van der Waals surface area contributed by atoms with Gasteiger partial charge in [0.25, 0.3) is 0 Å². The van der Waals surface area contributed by atoms with E-state index >= 15 is 0 Å². The minimum absolute atomic E-state index is 0. The first-order chi connectivity index (χ1) is 10.2. The molecule has 1 atom stereocenters. The molecule has 1 unspecified atom stereocenters. The van der Waals surface area contributed by atoms with Crippen molar-refractivity contribution in [3.63, 3.8) is 0 Å². The molecule has 0 aromatic heterocycles. The second-order valence-corrected chi connectivity index (χ2v) is 6.26. The zero-order valence-electron chi connectivity index (χ0n) is 15.0. The van der Waals surface area contributed by atoms with Crippen LogP contribution >= 0.6 is 0 Å². The van der Waals surface area contributed by atoms with E-state index in [4.69, 9.17) is 5.11 Å². The number of aliphatic carboxylic acids is 1. The number of unbranched alkanes of at least 4 members (excludes halogenated alkanes) is 10. The Kier molecular flexibility index (Phi) is 23.1. The third-order valence-electron chi connectivity index (χ3n) is 4.07. The van der Waals surface area contributed by atoms with Gasteiger partial charge in [0, 0.05) is 6.42 Å². The van der Waals surface area contributed by atoms with Gasteiger partial charge in [-0.05, 0) is 19.3 Å². The monoisotopic (exact) mass is 339 g/mol. The molecule has 0 spiro atoms. The van der Waals surface area contributed by atoms with Gasteiger partial charge in [-0.25, -0.2) is 0 Å². The molecule has 0 heterocycles. The summed E-state index contributed by atoms with van der Waals surface area (Å²) in [6, 6.07) is 0. The van der Waals surface area contributed by atoms with E-state index in [0.717, 1.165) is 38.5 Å². The van der Waals surface area contributed by atoms with Crippen LogP contribution in [0.5, 0.6) is 0 Å². The summed E-state index contributed by atoms with van der Waals surface area (Å²) in [5.74, 6) is -0.678. The summed E-state index contributed by atoms with van der Waals surface area (Å²) < 4.78 is 0. The molecular formula is C18H36KO3+. The minimum Gasteiger partial charge on any atom is -0.481 e. The molecular weight excluding hydrogens is 303 g/mol. The Labute approximate surface area is 180 Å². The number of carboxylic acid groups (broad SMARTS) is 1. The quantitative estimate of drug-likeness (QED) is 0.335. The van der Waals surface area contributed by atoms with Crippen molar-refractivity contribution in [3.05, 3.63) is 0 Å². The number of carboxylic acids is 1. The van der Waals surface area contributed by atoms with Crippen LogP contribution in [0.1, 0.15) is 103 Å². The molecule has 0 aliphatic carbocycles. The number of carbonyl (C=O) groups is 1. The molecule has 0 aliphatic heterocycles. The summed E-state index contributed by atoms with van der Waals surface area (Å²) in [6.07, 6.45) is 16.3. The molecule has 0 aliphatic rings. The molecule has 0 amide bonds. The van der Waals surface area contributed by atoms with Gasteiger partial charge in [0.2, 0.25) is 0 Å². The van der Waals surface area contributed by atoms with Crippen LogP contribution in [0.2, 0.25) is 0 Å². The maximum Gasteiger partial charge on any atom is 1.00 e. The van der Waals surface area contributed by atoms with Crippen LogP contribution in [-0.4, -0.2) is 22.3 Å². The number of aliphatic hydroxyl groups is 1. The fourth-order valence-electron chi connectivity index (χ4n) is 2.67. The Hall–Kier alpha value is 1.07. The molecule has 0 fully saturated rings. The Bertz CT molecular complexity index is 234. The normalized spacial score (nSPS) is 11.9. The Morgan fingerprint density at radius 3 is 1.64 bits per heavy atom. The van der Waals surface area contributed by atoms with E-state index in [1.54, 1.807) is 0 Å². The molecule has 0 rings (SSSR count). The minimum atomic E-state index is -0.678. The van der Waals surface area contributed by atoms with E-state index in [1.165, 1.54) is 51.4 Å². The van der Waals surface area contributed by atoms with Crippen LogP contribution in [0.25, 0.3) is 0 Å².